The van der Waals surface area contributed by atoms with E-state index in [0.29, 0.717) is 0 Å². The third-order valence-corrected chi connectivity index (χ3v) is 3.90. The molecule has 0 amide bonds. The first-order valence-corrected chi connectivity index (χ1v) is 6.98. The van der Waals surface area contributed by atoms with Gasteiger partial charge < -0.3 is 20.4 Å². The minimum Gasteiger partial charge on any atom is -0.464 e. The van der Waals surface area contributed by atoms with Crippen LogP contribution in [0.25, 0.3) is 5.69 Å². The van der Waals surface area contributed by atoms with E-state index in [1.165, 1.54) is 18.2 Å². The molecular formula is C16H16N4O2. The highest BCUT2D eigenvalue weighted by Crippen LogP contribution is 2.26. The number of nitriles is 1. The summed E-state index contributed by atoms with van der Waals surface area (Å²) in [6, 6.07) is 7.98. The Morgan fingerprint density at radius 3 is 3.00 bits per heavy atom. The Labute approximate surface area is 128 Å². The predicted molar refractivity (Wildman–Crippen MR) is 81.6 cm³/mol. The number of anilines is 1. The van der Waals surface area contributed by atoms with E-state index < -0.39 is 5.97 Å². The van der Waals surface area contributed by atoms with Crippen LogP contribution in [0.15, 0.2) is 24.4 Å². The molecule has 0 spiro atoms. The largest absolute Gasteiger partial charge is 0.464 e. The Hall–Kier alpha value is -2.78. The normalized spacial score (nSPS) is 13.3. The molecule has 1 aliphatic heterocycles. The Bertz CT molecular complexity index is 786. The van der Waals surface area contributed by atoms with E-state index in [0.717, 1.165) is 25.2 Å². The predicted octanol–water partition coefficient (Wildman–Crippen LogP) is 1.36. The van der Waals surface area contributed by atoms with Gasteiger partial charge in [-0.2, -0.15) is 5.26 Å². The molecule has 1 aromatic carbocycles. The molecule has 22 heavy (non-hydrogen) atoms. The summed E-state index contributed by atoms with van der Waals surface area (Å²) >= 11 is 0. The third-order valence-electron chi connectivity index (χ3n) is 3.90. The molecular weight excluding hydrogens is 280 g/mol. The van der Waals surface area contributed by atoms with Crippen molar-refractivity contribution in [2.75, 3.05) is 19.4 Å². The molecule has 3 rings (SSSR count). The Morgan fingerprint density at radius 2 is 2.27 bits per heavy atom. The van der Waals surface area contributed by atoms with Gasteiger partial charge >= 0.3 is 5.97 Å². The molecule has 0 atom stereocenters. The van der Waals surface area contributed by atoms with Crippen LogP contribution in [0.1, 0.15) is 27.2 Å². The maximum Gasteiger partial charge on any atom is 0.357 e. The van der Waals surface area contributed by atoms with Crippen LogP contribution in [0, 0.1) is 11.3 Å². The lowest BCUT2D eigenvalue weighted by Gasteiger charge is -2.18. The summed E-state index contributed by atoms with van der Waals surface area (Å²) in [6.07, 6.45) is 2.50. The minimum absolute atomic E-state index is 0.147. The molecule has 112 valence electrons. The molecule has 1 aromatic heterocycles. The number of ether oxygens (including phenoxy) is 1. The highest BCUT2D eigenvalue weighted by molar-refractivity contribution is 5.95. The van der Waals surface area contributed by atoms with Gasteiger partial charge in [-0.05, 0) is 36.2 Å². The summed E-state index contributed by atoms with van der Waals surface area (Å²) in [6.45, 7) is 1.77. The Kier molecular flexibility index (Phi) is 3.57. The molecule has 3 N–H and O–H groups in total. The number of carbonyl (C=O) groups excluding carboxylic acids is 1. The number of nitrogen functional groups attached to an aromatic ring is 1. The molecule has 0 unspecified atom stereocenters. The first-order valence-electron chi connectivity index (χ1n) is 6.98. The summed E-state index contributed by atoms with van der Waals surface area (Å²) in [5.74, 6) is -0.557. The first-order chi connectivity index (χ1) is 10.7. The van der Waals surface area contributed by atoms with Crippen LogP contribution in [0.2, 0.25) is 0 Å². The van der Waals surface area contributed by atoms with Gasteiger partial charge in [0.05, 0.1) is 18.4 Å². The highest BCUT2D eigenvalue weighted by Gasteiger charge is 2.22. The molecule has 2 heterocycles. The number of benzene rings is 1. The number of nitrogens with one attached hydrogen (secondary N) is 1. The molecule has 6 heteroatoms. The topological polar surface area (TPSA) is 93.1 Å². The van der Waals surface area contributed by atoms with Crippen LogP contribution in [-0.4, -0.2) is 24.2 Å². The number of esters is 1. The second kappa shape index (κ2) is 5.54. The van der Waals surface area contributed by atoms with Crippen LogP contribution >= 0.6 is 0 Å². The van der Waals surface area contributed by atoms with Crippen molar-refractivity contribution in [3.8, 4) is 11.8 Å². The second-order valence-corrected chi connectivity index (χ2v) is 5.16. The van der Waals surface area contributed by atoms with E-state index in [2.05, 4.69) is 5.32 Å². The molecule has 0 fully saturated rings. The minimum atomic E-state index is -0.557. The number of nitrogens with two attached hydrogens (primary N) is 1. The smallest absolute Gasteiger partial charge is 0.357 e. The van der Waals surface area contributed by atoms with E-state index in [1.54, 1.807) is 10.8 Å². The van der Waals surface area contributed by atoms with Crippen molar-refractivity contribution in [3.63, 3.8) is 0 Å². The zero-order valence-electron chi connectivity index (χ0n) is 12.2. The molecule has 6 nitrogen and oxygen atoms in total. The zero-order valence-corrected chi connectivity index (χ0v) is 12.2. The van der Waals surface area contributed by atoms with Crippen molar-refractivity contribution >= 4 is 11.7 Å². The van der Waals surface area contributed by atoms with Crippen molar-refractivity contribution in [2.45, 2.75) is 13.0 Å². The molecule has 0 radical (unpaired) electrons. The molecule has 0 bridgehead atoms. The van der Waals surface area contributed by atoms with Gasteiger partial charge in [-0.25, -0.2) is 4.79 Å². The maximum atomic E-state index is 12.0. The molecule has 0 saturated carbocycles. The van der Waals surface area contributed by atoms with E-state index in [1.807, 2.05) is 24.3 Å². The fourth-order valence-electron chi connectivity index (χ4n) is 2.73. The molecule has 1 aliphatic rings. The number of rotatable bonds is 2. The van der Waals surface area contributed by atoms with Crippen LogP contribution in [-0.2, 0) is 17.7 Å². The molecule has 0 saturated heterocycles. The quantitative estimate of drug-likeness (QED) is 0.816. The number of hydrogen-bond acceptors (Lipinski definition) is 5. The second-order valence-electron chi connectivity index (χ2n) is 5.16. The fourth-order valence-corrected chi connectivity index (χ4v) is 2.73. The summed E-state index contributed by atoms with van der Waals surface area (Å²) < 4.78 is 6.42. The summed E-state index contributed by atoms with van der Waals surface area (Å²) in [5.41, 5.74) is 9.79. The van der Waals surface area contributed by atoms with Crippen molar-refractivity contribution in [1.82, 2.24) is 9.88 Å². The standard InChI is InChI=1S/C16H16N4O2/c1-22-16(21)15-14(18)12(7-17)9-20(15)13-3-2-11-8-19-5-4-10(11)6-13/h2-3,6,9,19H,4-5,8,18H2,1H3. The Balaban J connectivity index is 2.16. The van der Waals surface area contributed by atoms with Crippen molar-refractivity contribution in [2.24, 2.45) is 0 Å². The summed E-state index contributed by atoms with van der Waals surface area (Å²) in [4.78, 5) is 12.0. The van der Waals surface area contributed by atoms with Crippen LogP contribution in [0.4, 0.5) is 5.69 Å². The average molecular weight is 296 g/mol. The summed E-state index contributed by atoms with van der Waals surface area (Å²) in [7, 11) is 1.30. The van der Waals surface area contributed by atoms with E-state index >= 15 is 0 Å². The lowest BCUT2D eigenvalue weighted by molar-refractivity contribution is 0.0593. The molecule has 0 aliphatic carbocycles. The van der Waals surface area contributed by atoms with E-state index in [4.69, 9.17) is 15.7 Å². The lowest BCUT2D eigenvalue weighted by Crippen LogP contribution is -2.23. The van der Waals surface area contributed by atoms with Crippen LogP contribution < -0.4 is 11.1 Å². The van der Waals surface area contributed by atoms with Gasteiger partial charge in [0, 0.05) is 18.4 Å². The maximum absolute atomic E-state index is 12.0. The highest BCUT2D eigenvalue weighted by atomic mass is 16.5. The SMILES string of the molecule is COC(=O)c1c(N)c(C#N)cn1-c1ccc2c(c1)CCNC2. The van der Waals surface area contributed by atoms with Crippen molar-refractivity contribution in [1.29, 1.82) is 5.26 Å². The van der Waals surface area contributed by atoms with Gasteiger partial charge in [0.25, 0.3) is 0 Å². The van der Waals surface area contributed by atoms with Gasteiger partial charge in [-0.3, -0.25) is 0 Å². The van der Waals surface area contributed by atoms with Crippen molar-refractivity contribution in [3.05, 3.63) is 46.8 Å². The van der Waals surface area contributed by atoms with Gasteiger partial charge in [0.15, 0.2) is 5.69 Å². The number of aromatic nitrogens is 1. The lowest BCUT2D eigenvalue weighted by atomic mass is 10.0. The first kappa shape index (κ1) is 14.2. The van der Waals surface area contributed by atoms with Crippen LogP contribution in [0.5, 0.6) is 0 Å². The summed E-state index contributed by atoms with van der Waals surface area (Å²) in [5, 5.41) is 12.5. The van der Waals surface area contributed by atoms with E-state index in [-0.39, 0.29) is 16.9 Å². The number of carbonyl (C=O) groups is 1. The number of nitrogens with zero attached hydrogens (tertiary/aromatic N) is 2. The van der Waals surface area contributed by atoms with Gasteiger partial charge in [0.2, 0.25) is 0 Å². The molecule has 2 aromatic rings. The third kappa shape index (κ3) is 2.22. The van der Waals surface area contributed by atoms with Crippen LogP contribution in [0.3, 0.4) is 0 Å². The monoisotopic (exact) mass is 296 g/mol. The number of hydrogen-bond donors (Lipinski definition) is 2. The Morgan fingerprint density at radius 1 is 1.45 bits per heavy atom. The van der Waals surface area contributed by atoms with Crippen molar-refractivity contribution < 1.29 is 9.53 Å². The number of fused-ring (bicyclic) bond motifs is 1. The van der Waals surface area contributed by atoms with Gasteiger partial charge in [0.1, 0.15) is 6.07 Å². The fraction of sp³-hybridized carbons (Fsp3) is 0.250. The average Bonchev–Trinajstić information content (AvgIpc) is 2.90. The zero-order chi connectivity index (χ0) is 15.7. The number of methoxy groups -OCH3 is 1. The van der Waals surface area contributed by atoms with E-state index in [9.17, 15) is 4.79 Å². The van der Waals surface area contributed by atoms with Gasteiger partial charge in [-0.15, -0.1) is 0 Å². The van der Waals surface area contributed by atoms with Gasteiger partial charge in [-0.1, -0.05) is 6.07 Å².